The Morgan fingerprint density at radius 3 is 2.37 bits per heavy atom. The number of carbonyl (C=O) groups excluding carboxylic acids is 2. The van der Waals surface area contributed by atoms with Crippen LogP contribution in [-0.4, -0.2) is 109 Å². The first-order valence-electron chi connectivity index (χ1n) is 20.5. The van der Waals surface area contributed by atoms with Crippen molar-refractivity contribution in [3.63, 3.8) is 0 Å². The van der Waals surface area contributed by atoms with Crippen LogP contribution >= 0.6 is 0 Å². The van der Waals surface area contributed by atoms with Crippen molar-refractivity contribution in [1.29, 1.82) is 0 Å². The van der Waals surface area contributed by atoms with Crippen molar-refractivity contribution >= 4 is 34.6 Å². The number of nitrogens with zero attached hydrogens (tertiary/aromatic N) is 7. The average Bonchev–Trinajstić information content (AvgIpc) is 3.79. The van der Waals surface area contributed by atoms with Gasteiger partial charge in [0.2, 0.25) is 0 Å². The number of anilines is 1. The lowest BCUT2D eigenvalue weighted by atomic mass is 9.83. The molecule has 0 aliphatic carbocycles. The summed E-state index contributed by atoms with van der Waals surface area (Å²) in [4.78, 5) is 55.0. The highest BCUT2D eigenvalue weighted by atomic mass is 16.5. The number of fused-ring (bicyclic) bond motifs is 3. The number of carbonyl (C=O) groups is 3. The molecular formula is C47H49N7O6. The molecule has 60 heavy (non-hydrogen) atoms. The van der Waals surface area contributed by atoms with Crippen LogP contribution < -0.4 is 4.90 Å². The van der Waals surface area contributed by atoms with E-state index in [1.165, 1.54) is 10.5 Å². The standard InChI is InChI=1S/C47H49N7O6/c1-29-38(45(56)51(4)33-9-11-35(55)12-10-33)26-42(50(29)3)40-24-31-14-18-53(47(58)59)43(36-13-16-48-44-37(36)15-17-49(44)2)39(31)25-41(40)46(57)54-27-32-8-6-5-7-30(32)23-34(54)28-52-19-21-60-22-20-52/h5-13,15-17,24-26,34,43,55H,14,18-23,27-28H2,1-4H3,(H,58,59)/t34-,43?/m0/s1. The second kappa shape index (κ2) is 15.6. The van der Waals surface area contributed by atoms with Crippen molar-refractivity contribution in [2.45, 2.75) is 38.4 Å². The van der Waals surface area contributed by atoms with E-state index in [1.807, 2.05) is 71.6 Å². The van der Waals surface area contributed by atoms with Gasteiger partial charge in [0.25, 0.3) is 11.8 Å². The number of rotatable bonds is 7. The Morgan fingerprint density at radius 1 is 0.867 bits per heavy atom. The van der Waals surface area contributed by atoms with Crippen LogP contribution in [0.5, 0.6) is 5.75 Å². The number of ether oxygens (including phenoxy) is 1. The molecule has 13 heteroatoms. The topological polar surface area (TPSA) is 137 Å². The van der Waals surface area contributed by atoms with E-state index in [0.717, 1.165) is 52.1 Å². The van der Waals surface area contributed by atoms with Gasteiger partial charge in [0.15, 0.2) is 0 Å². The molecule has 3 amide bonds. The van der Waals surface area contributed by atoms with Crippen LogP contribution in [0.1, 0.15) is 60.3 Å². The molecule has 0 radical (unpaired) electrons. The Labute approximate surface area is 348 Å². The molecule has 6 heterocycles. The van der Waals surface area contributed by atoms with Crippen molar-refractivity contribution in [2.24, 2.45) is 14.1 Å². The molecule has 0 spiro atoms. The number of phenolic OH excluding ortho intramolecular Hbond substituents is 1. The van der Waals surface area contributed by atoms with Gasteiger partial charge in [0.1, 0.15) is 11.4 Å². The number of aromatic nitrogens is 3. The van der Waals surface area contributed by atoms with Crippen molar-refractivity contribution < 1.29 is 29.3 Å². The van der Waals surface area contributed by atoms with Crippen LogP contribution in [0.25, 0.3) is 22.3 Å². The zero-order valence-electron chi connectivity index (χ0n) is 34.3. The lowest BCUT2D eigenvalue weighted by Crippen LogP contribution is -2.52. The number of hydrogen-bond acceptors (Lipinski definition) is 7. The van der Waals surface area contributed by atoms with Gasteiger partial charge in [-0.3, -0.25) is 19.4 Å². The maximum atomic E-state index is 15.7. The van der Waals surface area contributed by atoms with E-state index in [4.69, 9.17) is 4.74 Å². The largest absolute Gasteiger partial charge is 0.508 e. The van der Waals surface area contributed by atoms with Gasteiger partial charge in [-0.25, -0.2) is 9.78 Å². The Hall–Kier alpha value is -6.44. The molecule has 3 aliphatic heterocycles. The fraction of sp³-hybridized carbons (Fsp3) is 0.319. The first-order chi connectivity index (χ1) is 29.0. The monoisotopic (exact) mass is 807 g/mol. The number of carboxylic acid groups (broad SMARTS) is 1. The SMILES string of the molecule is Cc1c(C(=O)N(C)c2ccc(O)cc2)cc(-c2cc3c(cc2C(=O)N2Cc4ccccc4C[C@H]2CN2CCOCC2)C(c2ccnc4c2ccn4C)N(C(=O)O)CC3)n1C. The summed E-state index contributed by atoms with van der Waals surface area (Å²) in [6.07, 6.45) is 3.74. The molecule has 2 N–H and O–H groups in total. The molecule has 308 valence electrons. The molecule has 6 aromatic rings. The molecule has 9 rings (SSSR count). The highest BCUT2D eigenvalue weighted by Gasteiger charge is 2.38. The zero-order chi connectivity index (χ0) is 41.8. The number of morpholine rings is 1. The Morgan fingerprint density at radius 2 is 1.62 bits per heavy atom. The lowest BCUT2D eigenvalue weighted by Gasteiger charge is -2.41. The molecule has 3 aliphatic rings. The number of aryl methyl sites for hydroxylation is 1. The van der Waals surface area contributed by atoms with Crippen LogP contribution in [0.2, 0.25) is 0 Å². The maximum absolute atomic E-state index is 15.7. The summed E-state index contributed by atoms with van der Waals surface area (Å²) in [5, 5.41) is 21.4. The Balaban J connectivity index is 1.22. The number of benzene rings is 3. The minimum Gasteiger partial charge on any atom is -0.508 e. The third-order valence-electron chi connectivity index (χ3n) is 12.9. The molecular weight excluding hydrogens is 759 g/mol. The van der Waals surface area contributed by atoms with E-state index in [9.17, 15) is 19.8 Å². The van der Waals surface area contributed by atoms with Gasteiger partial charge in [-0.2, -0.15) is 0 Å². The second-order valence-corrected chi connectivity index (χ2v) is 16.2. The van der Waals surface area contributed by atoms with Gasteiger partial charge >= 0.3 is 6.09 Å². The van der Waals surface area contributed by atoms with Gasteiger partial charge in [-0.1, -0.05) is 24.3 Å². The first kappa shape index (κ1) is 39.0. The van der Waals surface area contributed by atoms with Gasteiger partial charge in [0.05, 0.1) is 24.8 Å². The predicted molar refractivity (Wildman–Crippen MR) is 228 cm³/mol. The van der Waals surface area contributed by atoms with Crippen molar-refractivity contribution in [2.75, 3.05) is 51.3 Å². The quantitative estimate of drug-likeness (QED) is 0.190. The molecule has 2 atom stereocenters. The minimum atomic E-state index is -1.04. The van der Waals surface area contributed by atoms with Crippen LogP contribution in [-0.2, 0) is 38.2 Å². The third kappa shape index (κ3) is 6.87. The normalized spacial score (nSPS) is 18.0. The van der Waals surface area contributed by atoms with Gasteiger partial charge in [-0.15, -0.1) is 0 Å². The van der Waals surface area contributed by atoms with E-state index in [-0.39, 0.29) is 30.2 Å². The Bertz CT molecular complexity index is 2640. The molecule has 0 bridgehead atoms. The fourth-order valence-corrected chi connectivity index (χ4v) is 9.40. The highest BCUT2D eigenvalue weighted by molar-refractivity contribution is 6.08. The van der Waals surface area contributed by atoms with Gasteiger partial charge < -0.3 is 33.9 Å². The first-order valence-corrected chi connectivity index (χ1v) is 20.5. The molecule has 1 fully saturated rings. The molecule has 3 aromatic carbocycles. The summed E-state index contributed by atoms with van der Waals surface area (Å²) >= 11 is 0. The van der Waals surface area contributed by atoms with Crippen molar-refractivity contribution in [3.05, 3.63) is 136 Å². The average molecular weight is 808 g/mol. The number of amides is 3. The number of pyridine rings is 1. The molecule has 1 unspecified atom stereocenters. The van der Waals surface area contributed by atoms with Crippen molar-refractivity contribution in [1.82, 2.24) is 28.8 Å². The van der Waals surface area contributed by atoms with E-state index in [0.29, 0.717) is 67.2 Å². The van der Waals surface area contributed by atoms with Gasteiger partial charge in [-0.05, 0) is 102 Å². The molecule has 13 nitrogen and oxygen atoms in total. The maximum Gasteiger partial charge on any atom is 0.408 e. The lowest BCUT2D eigenvalue weighted by molar-refractivity contribution is 0.0193. The number of hydrogen-bond donors (Lipinski definition) is 2. The summed E-state index contributed by atoms with van der Waals surface area (Å²) in [5.74, 6) is -0.275. The van der Waals surface area contributed by atoms with Crippen LogP contribution in [0, 0.1) is 6.92 Å². The molecule has 3 aromatic heterocycles. The summed E-state index contributed by atoms with van der Waals surface area (Å²) < 4.78 is 9.56. The highest BCUT2D eigenvalue weighted by Crippen LogP contribution is 2.42. The number of aromatic hydroxyl groups is 1. The minimum absolute atomic E-state index is 0.109. The fourth-order valence-electron chi connectivity index (χ4n) is 9.40. The predicted octanol–water partition coefficient (Wildman–Crippen LogP) is 6.39. The van der Waals surface area contributed by atoms with Crippen LogP contribution in [0.4, 0.5) is 10.5 Å². The Kier molecular flexibility index (Phi) is 10.2. The van der Waals surface area contributed by atoms with Crippen molar-refractivity contribution in [3.8, 4) is 17.0 Å². The smallest absolute Gasteiger partial charge is 0.408 e. The summed E-state index contributed by atoms with van der Waals surface area (Å²) in [5.41, 5.74) is 9.22. The van der Waals surface area contributed by atoms with E-state index >= 15 is 4.79 Å². The molecule has 1 saturated heterocycles. The third-order valence-corrected chi connectivity index (χ3v) is 12.9. The van der Waals surface area contributed by atoms with Crippen LogP contribution in [0.3, 0.4) is 0 Å². The second-order valence-electron chi connectivity index (χ2n) is 16.2. The zero-order valence-corrected chi connectivity index (χ0v) is 34.3. The summed E-state index contributed by atoms with van der Waals surface area (Å²) in [6, 6.07) is 23.7. The van der Waals surface area contributed by atoms with Crippen LogP contribution in [0.15, 0.2) is 91.3 Å². The summed E-state index contributed by atoms with van der Waals surface area (Å²) in [6.45, 7) is 6.14. The van der Waals surface area contributed by atoms with E-state index in [2.05, 4.69) is 34.1 Å². The van der Waals surface area contributed by atoms with Gasteiger partial charge in [0, 0.05) is 106 Å². The summed E-state index contributed by atoms with van der Waals surface area (Å²) in [7, 11) is 5.53. The van der Waals surface area contributed by atoms with E-state index < -0.39 is 12.1 Å². The molecule has 0 saturated carbocycles. The van der Waals surface area contributed by atoms with E-state index in [1.54, 1.807) is 42.4 Å². The number of phenols is 1.